The monoisotopic (exact) mass is 286 g/mol. The normalized spacial score (nSPS) is 10.3. The number of thioether (sulfide) groups is 1. The number of H-pyrrole nitrogens is 1. The molecule has 0 aliphatic rings. The molecule has 2 N–H and O–H groups in total. The highest BCUT2D eigenvalue weighted by atomic mass is 35.5. The lowest BCUT2D eigenvalue weighted by molar-refractivity contribution is -0.113. The number of carbonyl (C=O) groups excluding carboxylic acids is 1. The van der Waals surface area contributed by atoms with Crippen LogP contribution in [-0.2, 0) is 4.79 Å². The third-order valence-electron chi connectivity index (χ3n) is 1.94. The lowest BCUT2D eigenvalue weighted by Crippen LogP contribution is -2.14. The Hall–Kier alpha value is -1.60. The Labute approximate surface area is 111 Å². The summed E-state index contributed by atoms with van der Waals surface area (Å²) in [5.74, 6) is -0.554. The molecule has 0 unspecified atom stereocenters. The average Bonchev–Trinajstić information content (AvgIpc) is 2.83. The minimum Gasteiger partial charge on any atom is -0.324 e. The number of aromatic nitrogens is 3. The van der Waals surface area contributed by atoms with E-state index in [1.54, 1.807) is 0 Å². The number of hydrogen-bond donors (Lipinski definition) is 2. The van der Waals surface area contributed by atoms with E-state index in [0.29, 0.717) is 10.8 Å². The lowest BCUT2D eigenvalue weighted by Gasteiger charge is -2.06. The molecular formula is C10H8ClFN4OS. The SMILES string of the molecule is O=C(CSc1ncn[nH]1)Nc1ccc(F)cc1Cl. The Kier molecular flexibility index (Phi) is 4.16. The number of benzene rings is 1. The van der Waals surface area contributed by atoms with Gasteiger partial charge in [-0.25, -0.2) is 9.37 Å². The summed E-state index contributed by atoms with van der Waals surface area (Å²) in [5.41, 5.74) is 0.376. The van der Waals surface area contributed by atoms with Crippen molar-refractivity contribution in [1.29, 1.82) is 0 Å². The summed E-state index contributed by atoms with van der Waals surface area (Å²) in [6.07, 6.45) is 1.36. The van der Waals surface area contributed by atoms with Gasteiger partial charge in [0.1, 0.15) is 12.1 Å². The Bertz CT molecular complexity index is 549. The first-order chi connectivity index (χ1) is 8.65. The second kappa shape index (κ2) is 5.83. The van der Waals surface area contributed by atoms with Crippen molar-refractivity contribution in [2.45, 2.75) is 5.16 Å². The van der Waals surface area contributed by atoms with E-state index in [4.69, 9.17) is 11.6 Å². The molecule has 1 amide bonds. The van der Waals surface area contributed by atoms with E-state index in [2.05, 4.69) is 20.5 Å². The van der Waals surface area contributed by atoms with Crippen LogP contribution < -0.4 is 5.32 Å². The second-order valence-corrected chi connectivity index (χ2v) is 4.62. The molecule has 0 fully saturated rings. The predicted octanol–water partition coefficient (Wildman–Crippen LogP) is 2.33. The van der Waals surface area contributed by atoms with Gasteiger partial charge < -0.3 is 5.32 Å². The predicted molar refractivity (Wildman–Crippen MR) is 67.1 cm³/mol. The van der Waals surface area contributed by atoms with Gasteiger partial charge in [-0.3, -0.25) is 9.89 Å². The van der Waals surface area contributed by atoms with Crippen LogP contribution in [0.15, 0.2) is 29.7 Å². The maximum absolute atomic E-state index is 12.8. The van der Waals surface area contributed by atoms with Crippen LogP contribution in [0.25, 0.3) is 0 Å². The van der Waals surface area contributed by atoms with Crippen LogP contribution in [0.3, 0.4) is 0 Å². The summed E-state index contributed by atoms with van der Waals surface area (Å²) in [4.78, 5) is 15.5. The Morgan fingerprint density at radius 3 is 3.06 bits per heavy atom. The summed E-state index contributed by atoms with van der Waals surface area (Å²) >= 11 is 6.99. The third-order valence-corrected chi connectivity index (χ3v) is 3.13. The summed E-state index contributed by atoms with van der Waals surface area (Å²) in [5, 5.41) is 9.57. The van der Waals surface area contributed by atoms with Crippen LogP contribution in [0.5, 0.6) is 0 Å². The number of carbonyl (C=O) groups is 1. The fourth-order valence-corrected chi connectivity index (χ4v) is 1.97. The van der Waals surface area contributed by atoms with Crippen LogP contribution in [-0.4, -0.2) is 26.8 Å². The van der Waals surface area contributed by atoms with Crippen LogP contribution in [0.2, 0.25) is 5.02 Å². The van der Waals surface area contributed by atoms with Crippen LogP contribution in [0, 0.1) is 5.82 Å². The molecule has 5 nitrogen and oxygen atoms in total. The first kappa shape index (κ1) is 12.8. The molecule has 0 saturated carbocycles. The number of hydrogen-bond acceptors (Lipinski definition) is 4. The number of aromatic amines is 1. The molecule has 2 rings (SSSR count). The molecule has 0 aliphatic carbocycles. The van der Waals surface area contributed by atoms with E-state index in [-0.39, 0.29) is 16.7 Å². The molecule has 18 heavy (non-hydrogen) atoms. The molecular weight excluding hydrogens is 279 g/mol. The molecule has 0 bridgehead atoms. The average molecular weight is 287 g/mol. The van der Waals surface area contributed by atoms with Gasteiger partial charge in [0.25, 0.3) is 0 Å². The van der Waals surface area contributed by atoms with Gasteiger partial charge in [0.2, 0.25) is 5.91 Å². The van der Waals surface area contributed by atoms with Gasteiger partial charge in [-0.15, -0.1) is 0 Å². The Morgan fingerprint density at radius 2 is 2.39 bits per heavy atom. The highest BCUT2D eigenvalue weighted by Gasteiger charge is 2.08. The second-order valence-electron chi connectivity index (χ2n) is 3.25. The van der Waals surface area contributed by atoms with Gasteiger partial charge in [-0.05, 0) is 18.2 Å². The van der Waals surface area contributed by atoms with Gasteiger partial charge in [-0.1, -0.05) is 23.4 Å². The molecule has 1 aromatic heterocycles. The zero-order valence-electron chi connectivity index (χ0n) is 8.98. The topological polar surface area (TPSA) is 70.7 Å². The first-order valence-electron chi connectivity index (χ1n) is 4.88. The van der Waals surface area contributed by atoms with E-state index in [9.17, 15) is 9.18 Å². The van der Waals surface area contributed by atoms with Crippen molar-refractivity contribution in [3.8, 4) is 0 Å². The van der Waals surface area contributed by atoms with Crippen molar-refractivity contribution < 1.29 is 9.18 Å². The highest BCUT2D eigenvalue weighted by molar-refractivity contribution is 7.99. The van der Waals surface area contributed by atoms with Crippen molar-refractivity contribution >= 4 is 35.0 Å². The van der Waals surface area contributed by atoms with Gasteiger partial charge in [0, 0.05) is 0 Å². The standard InChI is InChI=1S/C10H8ClFN4OS/c11-7-3-6(12)1-2-8(7)15-9(17)4-18-10-13-5-14-16-10/h1-3,5H,4H2,(H,15,17)(H,13,14,16). The Morgan fingerprint density at radius 1 is 1.56 bits per heavy atom. The zero-order valence-corrected chi connectivity index (χ0v) is 10.6. The maximum atomic E-state index is 12.8. The fraction of sp³-hybridized carbons (Fsp3) is 0.100. The maximum Gasteiger partial charge on any atom is 0.234 e. The minimum absolute atomic E-state index is 0.156. The van der Waals surface area contributed by atoms with Gasteiger partial charge in [-0.2, -0.15) is 5.10 Å². The molecule has 2 aromatic rings. The van der Waals surface area contributed by atoms with Gasteiger partial charge in [0.05, 0.1) is 16.5 Å². The number of rotatable bonds is 4. The molecule has 8 heteroatoms. The van der Waals surface area contributed by atoms with Crippen molar-refractivity contribution in [2.75, 3.05) is 11.1 Å². The summed E-state index contributed by atoms with van der Waals surface area (Å²) < 4.78 is 12.8. The minimum atomic E-state index is -0.450. The quantitative estimate of drug-likeness (QED) is 0.846. The molecule has 0 saturated heterocycles. The smallest absolute Gasteiger partial charge is 0.234 e. The largest absolute Gasteiger partial charge is 0.324 e. The van der Waals surface area contributed by atoms with Crippen LogP contribution >= 0.6 is 23.4 Å². The van der Waals surface area contributed by atoms with Crippen LogP contribution in [0.4, 0.5) is 10.1 Å². The number of halogens is 2. The molecule has 94 valence electrons. The molecule has 0 aliphatic heterocycles. The highest BCUT2D eigenvalue weighted by Crippen LogP contribution is 2.22. The number of anilines is 1. The fourth-order valence-electron chi connectivity index (χ4n) is 1.17. The molecule has 1 aromatic carbocycles. The van der Waals surface area contributed by atoms with E-state index in [1.807, 2.05) is 0 Å². The lowest BCUT2D eigenvalue weighted by atomic mass is 10.3. The molecule has 0 spiro atoms. The third kappa shape index (κ3) is 3.44. The van der Waals surface area contributed by atoms with Gasteiger partial charge in [0.15, 0.2) is 5.16 Å². The van der Waals surface area contributed by atoms with Crippen LogP contribution in [0.1, 0.15) is 0 Å². The molecule has 0 radical (unpaired) electrons. The van der Waals surface area contributed by atoms with Crippen molar-refractivity contribution in [3.63, 3.8) is 0 Å². The summed E-state index contributed by atoms with van der Waals surface area (Å²) in [6, 6.07) is 3.78. The molecule has 0 atom stereocenters. The van der Waals surface area contributed by atoms with E-state index in [1.165, 1.54) is 30.2 Å². The van der Waals surface area contributed by atoms with Crippen molar-refractivity contribution in [3.05, 3.63) is 35.4 Å². The summed E-state index contributed by atoms with van der Waals surface area (Å²) in [7, 11) is 0. The first-order valence-corrected chi connectivity index (χ1v) is 6.24. The summed E-state index contributed by atoms with van der Waals surface area (Å²) in [6.45, 7) is 0. The van der Waals surface area contributed by atoms with Gasteiger partial charge >= 0.3 is 0 Å². The van der Waals surface area contributed by atoms with E-state index < -0.39 is 5.82 Å². The number of nitrogens with one attached hydrogen (secondary N) is 2. The number of nitrogens with zero attached hydrogens (tertiary/aromatic N) is 2. The molecule has 1 heterocycles. The van der Waals surface area contributed by atoms with Crippen molar-refractivity contribution in [2.24, 2.45) is 0 Å². The zero-order chi connectivity index (χ0) is 13.0. The van der Waals surface area contributed by atoms with Crippen molar-refractivity contribution in [1.82, 2.24) is 15.2 Å². The number of amides is 1. The van der Waals surface area contributed by atoms with E-state index in [0.717, 1.165) is 6.07 Å². The van der Waals surface area contributed by atoms with E-state index >= 15 is 0 Å². The Balaban J connectivity index is 1.91.